The number of aliphatic hydroxyl groups is 1. The van der Waals surface area contributed by atoms with Crippen LogP contribution in [-0.4, -0.2) is 39.0 Å². The molecule has 0 aromatic heterocycles. The smallest absolute Gasteiger partial charge is 0.177 e. The average Bonchev–Trinajstić information content (AvgIpc) is 2.28. The lowest BCUT2D eigenvalue weighted by atomic mass is 10.1. The van der Waals surface area contributed by atoms with Crippen molar-refractivity contribution in [1.82, 2.24) is 0 Å². The van der Waals surface area contributed by atoms with Crippen LogP contribution in [0.3, 0.4) is 0 Å². The zero-order valence-electron chi connectivity index (χ0n) is 9.83. The SMILES string of the molecule is CS(=O)(=O)c1ccccc1N1CCC[C@H](O)C1. The number of β-amino-alcohol motifs (C(OH)–C–C–N with tert-alkyl or cyclic N) is 1. The Morgan fingerprint density at radius 1 is 1.35 bits per heavy atom. The van der Waals surface area contributed by atoms with E-state index >= 15 is 0 Å². The Morgan fingerprint density at radius 3 is 2.71 bits per heavy atom. The van der Waals surface area contributed by atoms with Crippen molar-refractivity contribution in [1.29, 1.82) is 0 Å². The van der Waals surface area contributed by atoms with Gasteiger partial charge in [0.25, 0.3) is 0 Å². The van der Waals surface area contributed by atoms with Crippen LogP contribution in [0.1, 0.15) is 12.8 Å². The van der Waals surface area contributed by atoms with Crippen molar-refractivity contribution in [3.8, 4) is 0 Å². The lowest BCUT2D eigenvalue weighted by molar-refractivity contribution is 0.154. The summed E-state index contributed by atoms with van der Waals surface area (Å²) in [4.78, 5) is 2.29. The molecule has 2 rings (SSSR count). The Morgan fingerprint density at radius 2 is 2.06 bits per heavy atom. The molecular weight excluding hydrogens is 238 g/mol. The lowest BCUT2D eigenvalue weighted by Crippen LogP contribution is -2.38. The molecule has 1 aromatic rings. The Kier molecular flexibility index (Phi) is 3.40. The summed E-state index contributed by atoms with van der Waals surface area (Å²) in [6.45, 7) is 1.30. The molecule has 1 atom stereocenters. The van der Waals surface area contributed by atoms with E-state index in [1.807, 2.05) is 11.0 Å². The zero-order chi connectivity index (χ0) is 12.5. The first-order chi connectivity index (χ1) is 7.98. The number of rotatable bonds is 2. The predicted molar refractivity (Wildman–Crippen MR) is 67.0 cm³/mol. The minimum atomic E-state index is -3.22. The van der Waals surface area contributed by atoms with E-state index in [0.29, 0.717) is 17.1 Å². The van der Waals surface area contributed by atoms with Crippen LogP contribution in [0.15, 0.2) is 29.2 Å². The van der Waals surface area contributed by atoms with Crippen LogP contribution in [0.4, 0.5) is 5.69 Å². The molecule has 0 spiro atoms. The number of anilines is 1. The number of hydrogen-bond acceptors (Lipinski definition) is 4. The quantitative estimate of drug-likeness (QED) is 0.858. The molecule has 94 valence electrons. The third-order valence-corrected chi connectivity index (χ3v) is 4.15. The van der Waals surface area contributed by atoms with Crippen molar-refractivity contribution in [3.63, 3.8) is 0 Å². The highest BCUT2D eigenvalue weighted by molar-refractivity contribution is 7.90. The van der Waals surface area contributed by atoms with Crippen LogP contribution in [-0.2, 0) is 9.84 Å². The van der Waals surface area contributed by atoms with Gasteiger partial charge < -0.3 is 10.0 Å². The van der Waals surface area contributed by atoms with Crippen molar-refractivity contribution in [3.05, 3.63) is 24.3 Å². The van der Waals surface area contributed by atoms with E-state index in [0.717, 1.165) is 19.4 Å². The summed E-state index contributed by atoms with van der Waals surface area (Å²) in [7, 11) is -3.22. The second-order valence-electron chi connectivity index (χ2n) is 4.48. The lowest BCUT2D eigenvalue weighted by Gasteiger charge is -2.33. The Balaban J connectivity index is 2.38. The highest BCUT2D eigenvalue weighted by Gasteiger charge is 2.22. The number of nitrogens with zero attached hydrogens (tertiary/aromatic N) is 1. The number of sulfone groups is 1. The van der Waals surface area contributed by atoms with Crippen molar-refractivity contribution in [2.24, 2.45) is 0 Å². The molecule has 0 unspecified atom stereocenters. The molecule has 0 saturated carbocycles. The second kappa shape index (κ2) is 4.66. The zero-order valence-corrected chi connectivity index (χ0v) is 10.7. The summed E-state index contributed by atoms with van der Waals surface area (Å²) in [5, 5.41) is 9.64. The third kappa shape index (κ3) is 2.79. The van der Waals surface area contributed by atoms with Gasteiger partial charge in [0.05, 0.1) is 16.7 Å². The molecule has 17 heavy (non-hydrogen) atoms. The molecule has 1 aliphatic heterocycles. The molecule has 1 N–H and O–H groups in total. The van der Waals surface area contributed by atoms with Gasteiger partial charge in [0, 0.05) is 19.3 Å². The normalized spacial score (nSPS) is 21.5. The van der Waals surface area contributed by atoms with Crippen LogP contribution in [0.5, 0.6) is 0 Å². The van der Waals surface area contributed by atoms with E-state index in [1.165, 1.54) is 6.26 Å². The van der Waals surface area contributed by atoms with Crippen molar-refractivity contribution < 1.29 is 13.5 Å². The van der Waals surface area contributed by atoms with Crippen LogP contribution >= 0.6 is 0 Å². The molecule has 1 saturated heterocycles. The predicted octanol–water partition coefficient (Wildman–Crippen LogP) is 1.05. The molecule has 4 nitrogen and oxygen atoms in total. The summed E-state index contributed by atoms with van der Waals surface area (Å²) in [5.74, 6) is 0. The molecular formula is C12H17NO3S. The van der Waals surface area contributed by atoms with Crippen molar-refractivity contribution >= 4 is 15.5 Å². The number of benzene rings is 1. The van der Waals surface area contributed by atoms with E-state index in [9.17, 15) is 13.5 Å². The Hall–Kier alpha value is -1.07. The molecule has 0 aliphatic carbocycles. The van der Waals surface area contributed by atoms with Crippen LogP contribution < -0.4 is 4.90 Å². The molecule has 0 bridgehead atoms. The fourth-order valence-electron chi connectivity index (χ4n) is 2.21. The second-order valence-corrected chi connectivity index (χ2v) is 6.47. The standard InChI is InChI=1S/C12H17NO3S/c1-17(15,16)12-7-3-2-6-11(12)13-8-4-5-10(14)9-13/h2-3,6-7,10,14H,4-5,8-9H2,1H3/t10-/m0/s1. The van der Waals surface area contributed by atoms with Crippen molar-refractivity contribution in [2.45, 2.75) is 23.8 Å². The van der Waals surface area contributed by atoms with Gasteiger partial charge in [-0.05, 0) is 25.0 Å². The molecule has 0 amide bonds. The Labute approximate surface area is 102 Å². The van der Waals surface area contributed by atoms with E-state index in [-0.39, 0.29) is 6.10 Å². The first-order valence-electron chi connectivity index (χ1n) is 5.70. The van der Waals surface area contributed by atoms with Gasteiger partial charge >= 0.3 is 0 Å². The largest absolute Gasteiger partial charge is 0.391 e. The van der Waals surface area contributed by atoms with E-state index in [4.69, 9.17) is 0 Å². The maximum Gasteiger partial charge on any atom is 0.177 e. The van der Waals surface area contributed by atoms with Gasteiger partial charge in [-0.15, -0.1) is 0 Å². The molecule has 1 fully saturated rings. The molecule has 0 radical (unpaired) electrons. The molecule has 1 aliphatic rings. The summed E-state index contributed by atoms with van der Waals surface area (Å²) >= 11 is 0. The fraction of sp³-hybridized carbons (Fsp3) is 0.500. The van der Waals surface area contributed by atoms with Gasteiger partial charge in [0.2, 0.25) is 0 Å². The van der Waals surface area contributed by atoms with Crippen molar-refractivity contribution in [2.75, 3.05) is 24.2 Å². The van der Waals surface area contributed by atoms with Gasteiger partial charge in [0.1, 0.15) is 0 Å². The Bertz CT molecular complexity index is 498. The summed E-state index contributed by atoms with van der Waals surface area (Å²) in [6, 6.07) is 6.96. The summed E-state index contributed by atoms with van der Waals surface area (Å²) in [5.41, 5.74) is 0.703. The maximum atomic E-state index is 11.7. The molecule has 1 heterocycles. The van der Waals surface area contributed by atoms with Crippen LogP contribution in [0, 0.1) is 0 Å². The van der Waals surface area contributed by atoms with Gasteiger partial charge in [-0.2, -0.15) is 0 Å². The van der Waals surface area contributed by atoms with Crippen LogP contribution in [0.2, 0.25) is 0 Å². The number of hydrogen-bond donors (Lipinski definition) is 1. The summed E-state index contributed by atoms with van der Waals surface area (Å²) < 4.78 is 23.4. The molecule has 1 aromatic carbocycles. The minimum Gasteiger partial charge on any atom is -0.391 e. The number of para-hydroxylation sites is 1. The third-order valence-electron chi connectivity index (χ3n) is 3.00. The van der Waals surface area contributed by atoms with E-state index in [1.54, 1.807) is 18.2 Å². The van der Waals surface area contributed by atoms with Gasteiger partial charge in [-0.1, -0.05) is 12.1 Å². The number of aliphatic hydroxyl groups excluding tert-OH is 1. The highest BCUT2D eigenvalue weighted by Crippen LogP contribution is 2.27. The monoisotopic (exact) mass is 255 g/mol. The first kappa shape index (κ1) is 12.4. The fourth-order valence-corrected chi connectivity index (χ4v) is 3.11. The molecule has 5 heteroatoms. The van der Waals surface area contributed by atoms with E-state index < -0.39 is 9.84 Å². The highest BCUT2D eigenvalue weighted by atomic mass is 32.2. The maximum absolute atomic E-state index is 11.7. The van der Waals surface area contributed by atoms with E-state index in [2.05, 4.69) is 0 Å². The topological polar surface area (TPSA) is 57.6 Å². The van der Waals surface area contributed by atoms with Gasteiger partial charge in [-0.25, -0.2) is 8.42 Å². The average molecular weight is 255 g/mol. The first-order valence-corrected chi connectivity index (χ1v) is 7.60. The minimum absolute atomic E-state index is 0.342. The van der Waals surface area contributed by atoms with Gasteiger partial charge in [0.15, 0.2) is 9.84 Å². The summed E-state index contributed by atoms with van der Waals surface area (Å²) in [6.07, 6.45) is 2.53. The van der Waals surface area contributed by atoms with Gasteiger partial charge in [-0.3, -0.25) is 0 Å². The van der Waals surface area contributed by atoms with Crippen LogP contribution in [0.25, 0.3) is 0 Å². The number of piperidine rings is 1.